The van der Waals surface area contributed by atoms with Gasteiger partial charge in [0.2, 0.25) is 5.95 Å². The van der Waals surface area contributed by atoms with Gasteiger partial charge in [-0.25, -0.2) is 9.97 Å². The van der Waals surface area contributed by atoms with Crippen molar-refractivity contribution in [3.05, 3.63) is 36.5 Å². The van der Waals surface area contributed by atoms with Crippen molar-refractivity contribution in [3.63, 3.8) is 0 Å². The molecule has 5 heteroatoms. The van der Waals surface area contributed by atoms with Gasteiger partial charge in [0.05, 0.1) is 5.69 Å². The van der Waals surface area contributed by atoms with Crippen LogP contribution in [0.4, 0.5) is 5.95 Å². The molecule has 0 bridgehead atoms. The molecule has 0 aliphatic rings. The summed E-state index contributed by atoms with van der Waals surface area (Å²) in [6.45, 7) is 1.48. The summed E-state index contributed by atoms with van der Waals surface area (Å²) >= 11 is 0. The maximum absolute atomic E-state index is 5.64. The zero-order chi connectivity index (χ0) is 13.7. The van der Waals surface area contributed by atoms with Crippen LogP contribution in [0.2, 0.25) is 0 Å². The quantitative estimate of drug-likeness (QED) is 0.878. The van der Waals surface area contributed by atoms with Crippen molar-refractivity contribution >= 4 is 5.95 Å². The van der Waals surface area contributed by atoms with Crippen LogP contribution >= 0.6 is 0 Å². The smallest absolute Gasteiger partial charge is 0.220 e. The molecule has 0 amide bonds. The van der Waals surface area contributed by atoms with Crippen LogP contribution < -0.4 is 10.5 Å². The summed E-state index contributed by atoms with van der Waals surface area (Å²) in [5.74, 6) is 0.969. The Balaban J connectivity index is 2.11. The molecule has 0 atom stereocenters. The molecule has 0 aliphatic heterocycles. The summed E-state index contributed by atoms with van der Waals surface area (Å²) in [7, 11) is 4.01. The topological polar surface area (TPSA) is 64.3 Å². The normalized spacial score (nSPS) is 10.7. The minimum Gasteiger partial charge on any atom is -0.492 e. The number of nitrogen functional groups attached to an aromatic ring is 1. The van der Waals surface area contributed by atoms with E-state index in [1.807, 2.05) is 38.4 Å². The van der Waals surface area contributed by atoms with E-state index in [9.17, 15) is 0 Å². The summed E-state index contributed by atoms with van der Waals surface area (Å²) in [5.41, 5.74) is 7.30. The average Bonchev–Trinajstić information content (AvgIpc) is 2.39. The lowest BCUT2D eigenvalue weighted by Gasteiger charge is -2.11. The Morgan fingerprint density at radius 3 is 2.95 bits per heavy atom. The molecule has 2 aromatic rings. The van der Waals surface area contributed by atoms with Crippen molar-refractivity contribution in [1.82, 2.24) is 14.9 Å². The summed E-state index contributed by atoms with van der Waals surface area (Å²) in [6.07, 6.45) is 1.64. The third-order valence-electron chi connectivity index (χ3n) is 2.54. The Morgan fingerprint density at radius 1 is 1.37 bits per heavy atom. The number of rotatable bonds is 5. The first-order valence-corrected chi connectivity index (χ1v) is 6.03. The Morgan fingerprint density at radius 2 is 2.21 bits per heavy atom. The maximum atomic E-state index is 5.64. The Hall–Kier alpha value is -2.14. The Bertz CT molecular complexity index is 542. The molecule has 2 N–H and O–H groups in total. The van der Waals surface area contributed by atoms with E-state index >= 15 is 0 Å². The van der Waals surface area contributed by atoms with E-state index in [0.717, 1.165) is 17.8 Å². The molecule has 1 aromatic carbocycles. The van der Waals surface area contributed by atoms with Gasteiger partial charge in [0.15, 0.2) is 0 Å². The zero-order valence-corrected chi connectivity index (χ0v) is 11.1. The van der Waals surface area contributed by atoms with Crippen molar-refractivity contribution in [3.8, 4) is 17.0 Å². The first-order valence-electron chi connectivity index (χ1n) is 6.03. The van der Waals surface area contributed by atoms with Gasteiger partial charge in [-0.3, -0.25) is 0 Å². The van der Waals surface area contributed by atoms with Crippen molar-refractivity contribution in [2.75, 3.05) is 33.0 Å². The van der Waals surface area contributed by atoms with Crippen LogP contribution in [0, 0.1) is 6.07 Å². The van der Waals surface area contributed by atoms with E-state index in [4.69, 9.17) is 10.5 Å². The third-order valence-corrected chi connectivity index (χ3v) is 2.54. The van der Waals surface area contributed by atoms with Crippen molar-refractivity contribution in [2.45, 2.75) is 0 Å². The number of benzene rings is 1. The van der Waals surface area contributed by atoms with E-state index in [1.165, 1.54) is 0 Å². The highest BCUT2D eigenvalue weighted by molar-refractivity contribution is 5.61. The molecule has 0 spiro atoms. The summed E-state index contributed by atoms with van der Waals surface area (Å²) in [5, 5.41) is 0. The van der Waals surface area contributed by atoms with Crippen LogP contribution in [-0.4, -0.2) is 42.1 Å². The molecule has 2 rings (SSSR count). The molecule has 0 saturated heterocycles. The van der Waals surface area contributed by atoms with Gasteiger partial charge < -0.3 is 15.4 Å². The van der Waals surface area contributed by atoms with Crippen molar-refractivity contribution in [1.29, 1.82) is 0 Å². The molecule has 1 heterocycles. The molecule has 5 nitrogen and oxygen atoms in total. The van der Waals surface area contributed by atoms with Gasteiger partial charge in [-0.1, -0.05) is 6.07 Å². The SMILES string of the molecule is CN(C)CCOc1[c]ccc(-c2ccnc(N)n2)c1. The lowest BCUT2D eigenvalue weighted by Crippen LogP contribution is -2.19. The number of ether oxygens (including phenoxy) is 1. The lowest BCUT2D eigenvalue weighted by molar-refractivity contribution is 0.261. The predicted octanol–water partition coefficient (Wildman–Crippen LogP) is 1.47. The molecule has 19 heavy (non-hydrogen) atoms. The molecular weight excluding hydrogens is 240 g/mol. The molecule has 0 unspecified atom stereocenters. The fraction of sp³-hybridized carbons (Fsp3) is 0.286. The zero-order valence-electron chi connectivity index (χ0n) is 11.1. The highest BCUT2D eigenvalue weighted by Crippen LogP contribution is 2.21. The van der Waals surface area contributed by atoms with Gasteiger partial charge in [0.25, 0.3) is 0 Å². The second-order valence-electron chi connectivity index (χ2n) is 4.39. The molecule has 0 fully saturated rings. The Kier molecular flexibility index (Phi) is 4.30. The summed E-state index contributed by atoms with van der Waals surface area (Å²) < 4.78 is 5.64. The predicted molar refractivity (Wildman–Crippen MR) is 74.8 cm³/mol. The summed E-state index contributed by atoms with van der Waals surface area (Å²) in [4.78, 5) is 10.1. The number of nitrogens with two attached hydrogens (primary N) is 1. The first-order chi connectivity index (χ1) is 9.15. The molecule has 0 aliphatic carbocycles. The van der Waals surface area contributed by atoms with E-state index in [2.05, 4.69) is 20.9 Å². The fourth-order valence-corrected chi connectivity index (χ4v) is 1.56. The number of hydrogen-bond acceptors (Lipinski definition) is 5. The van der Waals surface area contributed by atoms with Crippen molar-refractivity contribution < 1.29 is 4.74 Å². The highest BCUT2D eigenvalue weighted by atomic mass is 16.5. The van der Waals surface area contributed by atoms with Gasteiger partial charge >= 0.3 is 0 Å². The first kappa shape index (κ1) is 13.3. The molecule has 0 saturated carbocycles. The van der Waals surface area contributed by atoms with E-state index in [-0.39, 0.29) is 5.95 Å². The monoisotopic (exact) mass is 257 g/mol. The van der Waals surface area contributed by atoms with Gasteiger partial charge in [0, 0.05) is 24.4 Å². The van der Waals surface area contributed by atoms with E-state index < -0.39 is 0 Å². The number of anilines is 1. The van der Waals surface area contributed by atoms with Crippen LogP contribution in [0.1, 0.15) is 0 Å². The van der Waals surface area contributed by atoms with Crippen molar-refractivity contribution in [2.24, 2.45) is 0 Å². The van der Waals surface area contributed by atoms with E-state index in [0.29, 0.717) is 12.4 Å². The van der Waals surface area contributed by atoms with Gasteiger partial charge in [-0.2, -0.15) is 0 Å². The number of hydrogen-bond donors (Lipinski definition) is 1. The van der Waals surface area contributed by atoms with Crippen LogP contribution in [0.25, 0.3) is 11.3 Å². The van der Waals surface area contributed by atoms with E-state index in [1.54, 1.807) is 6.20 Å². The highest BCUT2D eigenvalue weighted by Gasteiger charge is 2.03. The van der Waals surface area contributed by atoms with Gasteiger partial charge in [0.1, 0.15) is 12.4 Å². The second-order valence-corrected chi connectivity index (χ2v) is 4.39. The van der Waals surface area contributed by atoms with Crippen LogP contribution in [0.3, 0.4) is 0 Å². The largest absolute Gasteiger partial charge is 0.492 e. The molecule has 1 radical (unpaired) electrons. The number of nitrogens with zero attached hydrogens (tertiary/aromatic N) is 3. The second kappa shape index (κ2) is 6.15. The summed E-state index contributed by atoms with van der Waals surface area (Å²) in [6, 6.07) is 10.5. The van der Waals surface area contributed by atoms with Gasteiger partial charge in [-0.05, 0) is 32.3 Å². The standard InChI is InChI=1S/C14H17N4O/c1-18(2)8-9-19-12-5-3-4-11(10-12)13-6-7-16-14(15)17-13/h3-4,6-7,10H,8-9H2,1-2H3,(H2,15,16,17). The number of aromatic nitrogens is 2. The van der Waals surface area contributed by atoms with Crippen LogP contribution in [0.15, 0.2) is 30.5 Å². The number of likely N-dealkylation sites (N-methyl/N-ethyl adjacent to an activating group) is 1. The Labute approximate surface area is 113 Å². The minimum absolute atomic E-state index is 0.264. The molecule has 99 valence electrons. The fourth-order valence-electron chi connectivity index (χ4n) is 1.56. The molecule has 1 aromatic heterocycles. The van der Waals surface area contributed by atoms with Crippen LogP contribution in [-0.2, 0) is 0 Å². The van der Waals surface area contributed by atoms with Gasteiger partial charge in [-0.15, -0.1) is 0 Å². The minimum atomic E-state index is 0.264. The third kappa shape index (κ3) is 3.93. The average molecular weight is 257 g/mol. The lowest BCUT2D eigenvalue weighted by atomic mass is 10.1. The maximum Gasteiger partial charge on any atom is 0.220 e. The molecular formula is C14H17N4O. The van der Waals surface area contributed by atoms with Crippen LogP contribution in [0.5, 0.6) is 5.75 Å².